The highest BCUT2D eigenvalue weighted by Crippen LogP contribution is 2.40. The summed E-state index contributed by atoms with van der Waals surface area (Å²) in [5.74, 6) is 0.0792. The minimum atomic E-state index is -0.898. The van der Waals surface area contributed by atoms with Gasteiger partial charge in [0.25, 0.3) is 0 Å². The first kappa shape index (κ1) is 11.2. The van der Waals surface area contributed by atoms with E-state index < -0.39 is 4.87 Å². The monoisotopic (exact) mass is 233 g/mol. The number of alkyl halides is 1. The Morgan fingerprint density at radius 2 is 2.19 bits per heavy atom. The van der Waals surface area contributed by atoms with Crippen molar-refractivity contribution in [3.63, 3.8) is 0 Å². The van der Waals surface area contributed by atoms with Crippen LogP contribution >= 0.6 is 11.6 Å². The first-order valence-corrected chi connectivity index (χ1v) is 5.77. The first-order chi connectivity index (χ1) is 7.66. The van der Waals surface area contributed by atoms with Crippen molar-refractivity contribution in [3.05, 3.63) is 35.4 Å². The van der Waals surface area contributed by atoms with Gasteiger partial charge in [-0.2, -0.15) is 5.26 Å². The van der Waals surface area contributed by atoms with E-state index in [-0.39, 0.29) is 5.78 Å². The van der Waals surface area contributed by atoms with E-state index in [0.29, 0.717) is 18.4 Å². The van der Waals surface area contributed by atoms with Crippen molar-refractivity contribution in [2.45, 2.75) is 30.6 Å². The highest BCUT2D eigenvalue weighted by Gasteiger charge is 2.39. The number of halogens is 1. The van der Waals surface area contributed by atoms with Crippen LogP contribution in [0.5, 0.6) is 0 Å². The summed E-state index contributed by atoms with van der Waals surface area (Å²) in [7, 11) is 0. The predicted octanol–water partition coefficient (Wildman–Crippen LogP) is 3.14. The Hall–Kier alpha value is -1.33. The van der Waals surface area contributed by atoms with Crippen LogP contribution in [0.3, 0.4) is 0 Å². The van der Waals surface area contributed by atoms with Crippen molar-refractivity contribution >= 4 is 17.4 Å². The Labute approximate surface area is 99.8 Å². The fraction of sp³-hybridized carbons (Fsp3) is 0.385. The zero-order valence-corrected chi connectivity index (χ0v) is 9.63. The molecule has 1 aromatic rings. The number of Topliss-reactive ketones (excluding diaryl/α,β-unsaturated/α-hetero) is 1. The van der Waals surface area contributed by atoms with E-state index in [1.807, 2.05) is 6.07 Å². The van der Waals surface area contributed by atoms with Crippen molar-refractivity contribution in [1.29, 1.82) is 5.26 Å². The van der Waals surface area contributed by atoms with Gasteiger partial charge in [-0.05, 0) is 30.5 Å². The molecule has 0 bridgehead atoms. The molecule has 1 fully saturated rings. The second-order valence-corrected chi connectivity index (χ2v) is 4.77. The number of nitrogens with zero attached hydrogens (tertiary/aromatic N) is 1. The summed E-state index contributed by atoms with van der Waals surface area (Å²) in [5, 5.41) is 8.83. The molecule has 0 radical (unpaired) electrons. The lowest BCUT2D eigenvalue weighted by Gasteiger charge is -2.30. The van der Waals surface area contributed by atoms with Crippen LogP contribution in [0.2, 0.25) is 0 Å². The van der Waals surface area contributed by atoms with E-state index in [2.05, 4.69) is 6.07 Å². The van der Waals surface area contributed by atoms with Gasteiger partial charge in [0.05, 0.1) is 11.6 Å². The number of hydrogen-bond acceptors (Lipinski definition) is 2. The average Bonchev–Trinajstić information content (AvgIpc) is 2.33. The normalized spacial score (nSPS) is 25.1. The Bertz CT molecular complexity index is 463. The van der Waals surface area contributed by atoms with Gasteiger partial charge in [-0.3, -0.25) is 4.79 Å². The minimum Gasteiger partial charge on any atom is -0.297 e. The molecule has 0 amide bonds. The van der Waals surface area contributed by atoms with E-state index in [1.165, 1.54) is 0 Å². The highest BCUT2D eigenvalue weighted by molar-refractivity contribution is 6.35. The summed E-state index contributed by atoms with van der Waals surface area (Å²) in [6.07, 6.45) is 3.10. The molecule has 1 aliphatic rings. The van der Waals surface area contributed by atoms with Gasteiger partial charge in [0, 0.05) is 6.42 Å². The Morgan fingerprint density at radius 1 is 1.38 bits per heavy atom. The molecule has 0 aliphatic heterocycles. The van der Waals surface area contributed by atoms with Crippen molar-refractivity contribution in [1.82, 2.24) is 0 Å². The lowest BCUT2D eigenvalue weighted by atomic mass is 9.81. The van der Waals surface area contributed by atoms with Crippen LogP contribution < -0.4 is 0 Å². The molecule has 1 saturated carbocycles. The quantitative estimate of drug-likeness (QED) is 0.700. The van der Waals surface area contributed by atoms with Crippen molar-refractivity contribution in [2.75, 3.05) is 0 Å². The van der Waals surface area contributed by atoms with E-state index in [9.17, 15) is 4.79 Å². The molecule has 2 nitrogen and oxygen atoms in total. The molecular weight excluding hydrogens is 222 g/mol. The molecule has 16 heavy (non-hydrogen) atoms. The highest BCUT2D eigenvalue weighted by atomic mass is 35.5. The maximum Gasteiger partial charge on any atom is 0.158 e. The van der Waals surface area contributed by atoms with Gasteiger partial charge >= 0.3 is 0 Å². The third kappa shape index (κ3) is 1.83. The van der Waals surface area contributed by atoms with Crippen molar-refractivity contribution < 1.29 is 4.79 Å². The van der Waals surface area contributed by atoms with Crippen molar-refractivity contribution in [3.8, 4) is 6.07 Å². The fourth-order valence-corrected chi connectivity index (χ4v) is 2.48. The van der Waals surface area contributed by atoms with Gasteiger partial charge in [0.1, 0.15) is 4.87 Å². The average molecular weight is 234 g/mol. The summed E-state index contributed by atoms with van der Waals surface area (Å²) in [6.45, 7) is 0. The second-order valence-electron chi connectivity index (χ2n) is 4.12. The Balaban J connectivity index is 2.42. The number of nitriles is 1. The molecule has 1 unspecified atom stereocenters. The smallest absolute Gasteiger partial charge is 0.158 e. The number of carbonyl (C=O) groups is 1. The van der Waals surface area contributed by atoms with Crippen LogP contribution in [-0.2, 0) is 9.67 Å². The van der Waals surface area contributed by atoms with E-state index in [0.717, 1.165) is 18.4 Å². The number of ketones is 1. The van der Waals surface area contributed by atoms with E-state index >= 15 is 0 Å². The van der Waals surface area contributed by atoms with Gasteiger partial charge in [-0.25, -0.2) is 0 Å². The molecule has 82 valence electrons. The summed E-state index contributed by atoms with van der Waals surface area (Å²) in [6, 6.07) is 9.11. The van der Waals surface area contributed by atoms with E-state index in [4.69, 9.17) is 16.9 Å². The van der Waals surface area contributed by atoms with Crippen LogP contribution in [0.4, 0.5) is 0 Å². The van der Waals surface area contributed by atoms with Crippen LogP contribution in [0.1, 0.15) is 36.8 Å². The van der Waals surface area contributed by atoms with Gasteiger partial charge in [-0.15, -0.1) is 11.6 Å². The third-order valence-corrected chi connectivity index (χ3v) is 3.68. The van der Waals surface area contributed by atoms with Crippen LogP contribution in [-0.4, -0.2) is 5.78 Å². The molecule has 0 N–H and O–H groups in total. The molecule has 1 aromatic carbocycles. The molecule has 0 aromatic heterocycles. The molecular formula is C13H12ClNO. The standard InChI is InChI=1S/C13H12ClNO/c14-13(7-2-1-6-12(13)16)11-5-3-4-10(8-11)9-15/h3-5,8H,1-2,6-7H2. The number of hydrogen-bond donors (Lipinski definition) is 0. The molecule has 2 rings (SSSR count). The molecule has 1 aliphatic carbocycles. The molecule has 0 spiro atoms. The number of benzene rings is 1. The maximum absolute atomic E-state index is 11.9. The van der Waals surface area contributed by atoms with Gasteiger partial charge in [-0.1, -0.05) is 18.6 Å². The van der Waals surface area contributed by atoms with Gasteiger partial charge in [0.2, 0.25) is 0 Å². The molecule has 1 atom stereocenters. The summed E-state index contributed by atoms with van der Waals surface area (Å²) in [4.78, 5) is 11.0. The predicted molar refractivity (Wildman–Crippen MR) is 62.2 cm³/mol. The molecule has 3 heteroatoms. The fourth-order valence-electron chi connectivity index (χ4n) is 2.13. The van der Waals surface area contributed by atoms with Crippen LogP contribution in [0.15, 0.2) is 24.3 Å². The third-order valence-electron chi connectivity index (χ3n) is 3.07. The molecule has 0 heterocycles. The largest absolute Gasteiger partial charge is 0.297 e. The SMILES string of the molecule is N#Cc1cccc(C2(Cl)CCCCC2=O)c1. The first-order valence-electron chi connectivity index (χ1n) is 5.40. The van der Waals surface area contributed by atoms with Crippen LogP contribution in [0, 0.1) is 11.3 Å². The number of rotatable bonds is 1. The van der Waals surface area contributed by atoms with Crippen molar-refractivity contribution in [2.24, 2.45) is 0 Å². The number of carbonyl (C=O) groups excluding carboxylic acids is 1. The van der Waals surface area contributed by atoms with Gasteiger partial charge < -0.3 is 0 Å². The topological polar surface area (TPSA) is 40.9 Å². The Kier molecular flexibility index (Phi) is 2.98. The Morgan fingerprint density at radius 3 is 2.88 bits per heavy atom. The van der Waals surface area contributed by atoms with Crippen LogP contribution in [0.25, 0.3) is 0 Å². The summed E-state index contributed by atoms with van der Waals surface area (Å²) < 4.78 is 0. The second kappa shape index (κ2) is 4.27. The minimum absolute atomic E-state index is 0.0792. The lowest BCUT2D eigenvalue weighted by molar-refractivity contribution is -0.123. The summed E-state index contributed by atoms with van der Waals surface area (Å²) >= 11 is 6.42. The maximum atomic E-state index is 11.9. The lowest BCUT2D eigenvalue weighted by Crippen LogP contribution is -2.33. The zero-order valence-electron chi connectivity index (χ0n) is 8.87. The van der Waals surface area contributed by atoms with E-state index in [1.54, 1.807) is 18.2 Å². The van der Waals surface area contributed by atoms with Gasteiger partial charge in [0.15, 0.2) is 5.78 Å². The molecule has 0 saturated heterocycles. The summed E-state index contributed by atoms with van der Waals surface area (Å²) in [5.41, 5.74) is 1.31. The zero-order chi connectivity index (χ0) is 11.6.